The molecule has 0 amide bonds. The molecule has 1 saturated carbocycles. The van der Waals surface area contributed by atoms with E-state index in [2.05, 4.69) is 36.4 Å². The number of hydrogen-bond donors (Lipinski definition) is 1. The highest BCUT2D eigenvalue weighted by atomic mass is 15.4. The molecular formula is C15H28N4. The number of rotatable bonds is 5. The lowest BCUT2D eigenvalue weighted by Gasteiger charge is -2.38. The summed E-state index contributed by atoms with van der Waals surface area (Å²) < 4.78 is 1.79. The van der Waals surface area contributed by atoms with Gasteiger partial charge in [-0.15, -0.1) is 5.10 Å². The summed E-state index contributed by atoms with van der Waals surface area (Å²) in [6.45, 7) is 8.02. The van der Waals surface area contributed by atoms with Gasteiger partial charge in [0.1, 0.15) is 0 Å². The number of hydrogen-bond acceptors (Lipinski definition) is 3. The summed E-state index contributed by atoms with van der Waals surface area (Å²) in [6, 6.07) is 0.554. The minimum absolute atomic E-state index is 0.541. The van der Waals surface area contributed by atoms with Crippen LogP contribution in [0.25, 0.3) is 0 Å². The maximum Gasteiger partial charge on any atom is 0.0842 e. The zero-order valence-electron chi connectivity index (χ0n) is 12.8. The van der Waals surface area contributed by atoms with E-state index in [1.54, 1.807) is 4.68 Å². The standard InChI is InChI=1S/C15H28N4/c1-5-16-14(10-13-11-19(4)18-17-13)12-6-8-15(2,3)9-7-12/h11-12,14,16H,5-10H2,1-4H3. The minimum Gasteiger partial charge on any atom is -0.314 e. The smallest absolute Gasteiger partial charge is 0.0842 e. The maximum absolute atomic E-state index is 4.23. The highest BCUT2D eigenvalue weighted by Gasteiger charge is 2.31. The number of aryl methyl sites for hydroxylation is 1. The summed E-state index contributed by atoms with van der Waals surface area (Å²) in [5.41, 5.74) is 1.65. The Hall–Kier alpha value is -0.900. The first-order valence-corrected chi connectivity index (χ1v) is 7.59. The van der Waals surface area contributed by atoms with Crippen LogP contribution in [0.2, 0.25) is 0 Å². The molecule has 1 aromatic rings. The summed E-state index contributed by atoms with van der Waals surface area (Å²) in [7, 11) is 1.93. The predicted molar refractivity (Wildman–Crippen MR) is 77.9 cm³/mol. The van der Waals surface area contributed by atoms with Crippen molar-refractivity contribution in [3.8, 4) is 0 Å². The van der Waals surface area contributed by atoms with Gasteiger partial charge in [0.25, 0.3) is 0 Å². The van der Waals surface area contributed by atoms with Crippen LogP contribution in [0.3, 0.4) is 0 Å². The van der Waals surface area contributed by atoms with Gasteiger partial charge in [0.05, 0.1) is 5.69 Å². The molecule has 0 bridgehead atoms. The van der Waals surface area contributed by atoms with Crippen LogP contribution in [-0.2, 0) is 13.5 Å². The molecule has 0 spiro atoms. The van der Waals surface area contributed by atoms with E-state index in [1.807, 2.05) is 13.2 Å². The summed E-state index contributed by atoms with van der Waals surface area (Å²) in [5.74, 6) is 0.787. The van der Waals surface area contributed by atoms with Crippen molar-refractivity contribution < 1.29 is 0 Å². The molecule has 1 aromatic heterocycles. The first-order valence-electron chi connectivity index (χ1n) is 7.59. The normalized spacial score (nSPS) is 21.5. The third kappa shape index (κ3) is 4.03. The molecule has 1 aliphatic rings. The van der Waals surface area contributed by atoms with Crippen molar-refractivity contribution >= 4 is 0 Å². The molecule has 0 aliphatic heterocycles. The summed E-state index contributed by atoms with van der Waals surface area (Å²) in [6.07, 6.45) is 8.42. The lowest BCUT2D eigenvalue weighted by atomic mass is 9.70. The third-order valence-corrected chi connectivity index (χ3v) is 4.50. The largest absolute Gasteiger partial charge is 0.314 e. The van der Waals surface area contributed by atoms with Crippen molar-refractivity contribution in [1.29, 1.82) is 0 Å². The van der Waals surface area contributed by atoms with Gasteiger partial charge >= 0.3 is 0 Å². The van der Waals surface area contributed by atoms with Crippen molar-refractivity contribution in [2.45, 2.75) is 58.9 Å². The molecule has 1 fully saturated rings. The Morgan fingerprint density at radius 3 is 2.63 bits per heavy atom. The molecule has 0 aromatic carbocycles. The summed E-state index contributed by atoms with van der Waals surface area (Å²) >= 11 is 0. The van der Waals surface area contributed by atoms with Crippen molar-refractivity contribution in [2.75, 3.05) is 6.54 Å². The molecule has 4 heteroatoms. The van der Waals surface area contributed by atoms with Gasteiger partial charge < -0.3 is 5.32 Å². The van der Waals surface area contributed by atoms with E-state index in [4.69, 9.17) is 0 Å². The fourth-order valence-electron chi connectivity index (χ4n) is 3.21. The molecule has 2 rings (SSSR count). The number of aromatic nitrogens is 3. The van der Waals surface area contributed by atoms with E-state index in [-0.39, 0.29) is 0 Å². The van der Waals surface area contributed by atoms with Gasteiger partial charge in [-0.25, -0.2) is 0 Å². The average molecular weight is 264 g/mol. The lowest BCUT2D eigenvalue weighted by Crippen LogP contribution is -2.40. The van der Waals surface area contributed by atoms with Crippen molar-refractivity contribution in [3.63, 3.8) is 0 Å². The van der Waals surface area contributed by atoms with Gasteiger partial charge in [0.15, 0.2) is 0 Å². The Kier molecular flexibility index (Phi) is 4.61. The number of nitrogens with one attached hydrogen (secondary N) is 1. The fraction of sp³-hybridized carbons (Fsp3) is 0.867. The Balaban J connectivity index is 1.96. The molecule has 4 nitrogen and oxygen atoms in total. The fourth-order valence-corrected chi connectivity index (χ4v) is 3.21. The quantitative estimate of drug-likeness (QED) is 0.889. The average Bonchev–Trinajstić information content (AvgIpc) is 2.74. The second-order valence-electron chi connectivity index (χ2n) is 6.75. The van der Waals surface area contributed by atoms with E-state index in [0.29, 0.717) is 11.5 Å². The third-order valence-electron chi connectivity index (χ3n) is 4.50. The van der Waals surface area contributed by atoms with Crippen LogP contribution in [0.5, 0.6) is 0 Å². The first kappa shape index (κ1) is 14.5. The van der Waals surface area contributed by atoms with Crippen LogP contribution in [0.4, 0.5) is 0 Å². The Labute approximate surface area is 117 Å². The van der Waals surface area contributed by atoms with Crippen LogP contribution < -0.4 is 5.32 Å². The van der Waals surface area contributed by atoms with Gasteiger partial charge in [0, 0.05) is 25.7 Å². The highest BCUT2D eigenvalue weighted by molar-refractivity contribution is 4.98. The topological polar surface area (TPSA) is 42.7 Å². The van der Waals surface area contributed by atoms with Gasteiger partial charge in [-0.3, -0.25) is 4.68 Å². The van der Waals surface area contributed by atoms with E-state index in [9.17, 15) is 0 Å². The molecule has 0 radical (unpaired) electrons. The van der Waals surface area contributed by atoms with E-state index < -0.39 is 0 Å². The molecule has 1 aliphatic carbocycles. The van der Waals surface area contributed by atoms with Gasteiger partial charge in [0.2, 0.25) is 0 Å². The van der Waals surface area contributed by atoms with Crippen LogP contribution >= 0.6 is 0 Å². The molecule has 1 unspecified atom stereocenters. The second-order valence-corrected chi connectivity index (χ2v) is 6.75. The Morgan fingerprint density at radius 2 is 2.11 bits per heavy atom. The molecule has 0 saturated heterocycles. The van der Waals surface area contributed by atoms with Crippen molar-refractivity contribution in [2.24, 2.45) is 18.4 Å². The molecule has 108 valence electrons. The van der Waals surface area contributed by atoms with Gasteiger partial charge in [-0.2, -0.15) is 0 Å². The Bertz CT molecular complexity index is 387. The zero-order valence-corrected chi connectivity index (χ0v) is 12.8. The van der Waals surface area contributed by atoms with E-state index >= 15 is 0 Å². The van der Waals surface area contributed by atoms with E-state index in [0.717, 1.165) is 24.6 Å². The van der Waals surface area contributed by atoms with Crippen LogP contribution in [-0.4, -0.2) is 27.6 Å². The maximum atomic E-state index is 4.23. The summed E-state index contributed by atoms with van der Waals surface area (Å²) in [5, 5.41) is 11.9. The van der Waals surface area contributed by atoms with E-state index in [1.165, 1.54) is 25.7 Å². The van der Waals surface area contributed by atoms with Gasteiger partial charge in [-0.1, -0.05) is 26.0 Å². The molecule has 1 heterocycles. The first-order chi connectivity index (χ1) is 9.00. The second kappa shape index (κ2) is 6.04. The molecule has 1 N–H and O–H groups in total. The van der Waals surface area contributed by atoms with Crippen LogP contribution in [0.15, 0.2) is 6.20 Å². The number of nitrogens with zero attached hydrogens (tertiary/aromatic N) is 3. The van der Waals surface area contributed by atoms with Crippen molar-refractivity contribution in [3.05, 3.63) is 11.9 Å². The monoisotopic (exact) mass is 264 g/mol. The zero-order chi connectivity index (χ0) is 13.9. The summed E-state index contributed by atoms with van der Waals surface area (Å²) in [4.78, 5) is 0. The molecular weight excluding hydrogens is 236 g/mol. The van der Waals surface area contributed by atoms with Gasteiger partial charge in [-0.05, 0) is 43.6 Å². The Morgan fingerprint density at radius 1 is 1.42 bits per heavy atom. The SMILES string of the molecule is CCNC(Cc1cn(C)nn1)C1CCC(C)(C)CC1. The lowest BCUT2D eigenvalue weighted by molar-refractivity contribution is 0.161. The van der Waals surface area contributed by atoms with Crippen LogP contribution in [0, 0.1) is 11.3 Å². The van der Waals surface area contributed by atoms with Crippen molar-refractivity contribution in [1.82, 2.24) is 20.3 Å². The molecule has 19 heavy (non-hydrogen) atoms. The predicted octanol–water partition coefficient (Wildman–Crippen LogP) is 2.55. The number of likely N-dealkylation sites (N-methyl/N-ethyl adjacent to an activating group) is 1. The molecule has 1 atom stereocenters. The van der Waals surface area contributed by atoms with Crippen LogP contribution in [0.1, 0.15) is 52.1 Å². The highest BCUT2D eigenvalue weighted by Crippen LogP contribution is 2.39. The minimum atomic E-state index is 0.541.